The molecule has 0 aliphatic carbocycles. The number of amidine groups is 1. The Morgan fingerprint density at radius 3 is 2.61 bits per heavy atom. The molecule has 1 atom stereocenters. The van der Waals surface area contributed by atoms with Crippen LogP contribution in [-0.4, -0.2) is 48.9 Å². The highest BCUT2D eigenvalue weighted by molar-refractivity contribution is 5.96. The quantitative estimate of drug-likeness (QED) is 0.829. The predicted molar refractivity (Wildman–Crippen MR) is 106 cm³/mol. The van der Waals surface area contributed by atoms with Crippen LogP contribution in [0.1, 0.15) is 24.8 Å². The number of benzene rings is 2. The molecule has 3 heterocycles. The van der Waals surface area contributed by atoms with Gasteiger partial charge in [0.25, 0.3) is 11.6 Å². The number of hydrogen-bond donors (Lipinski definition) is 1. The number of anilines is 1. The van der Waals surface area contributed by atoms with E-state index in [0.29, 0.717) is 25.5 Å². The first-order valence-electron chi connectivity index (χ1n) is 9.86. The topological polar surface area (TPSA) is 54.2 Å². The lowest BCUT2D eigenvalue weighted by Crippen LogP contribution is -2.41. The van der Waals surface area contributed by atoms with Crippen LogP contribution in [0.4, 0.5) is 5.69 Å². The summed E-state index contributed by atoms with van der Waals surface area (Å²) in [5.41, 5.74) is 0.814. The molecule has 28 heavy (non-hydrogen) atoms. The van der Waals surface area contributed by atoms with Crippen LogP contribution in [0.15, 0.2) is 42.5 Å². The zero-order valence-corrected chi connectivity index (χ0v) is 16.1. The van der Waals surface area contributed by atoms with E-state index in [1.807, 2.05) is 42.5 Å². The van der Waals surface area contributed by atoms with Crippen molar-refractivity contribution in [3.05, 3.63) is 48.0 Å². The maximum atomic E-state index is 11.8. The van der Waals surface area contributed by atoms with Crippen molar-refractivity contribution in [3.63, 3.8) is 0 Å². The largest absolute Gasteiger partial charge is 0.497 e. The summed E-state index contributed by atoms with van der Waals surface area (Å²) < 4.78 is 18.8. The second-order valence-corrected chi connectivity index (χ2v) is 7.48. The van der Waals surface area contributed by atoms with Crippen LogP contribution in [0, 0.1) is 0 Å². The van der Waals surface area contributed by atoms with Gasteiger partial charge < -0.3 is 19.3 Å². The van der Waals surface area contributed by atoms with Gasteiger partial charge in [0.1, 0.15) is 24.7 Å². The third-order valence-electron chi connectivity index (χ3n) is 5.87. The van der Waals surface area contributed by atoms with Crippen molar-refractivity contribution >= 4 is 11.5 Å². The molecular formula is C22H25N2O4+. The summed E-state index contributed by atoms with van der Waals surface area (Å²) in [6, 6.07) is 13.8. The Labute approximate surface area is 164 Å². The summed E-state index contributed by atoms with van der Waals surface area (Å²) in [6.45, 7) is 2.42. The van der Waals surface area contributed by atoms with Crippen molar-refractivity contribution in [2.45, 2.75) is 25.0 Å². The second-order valence-electron chi connectivity index (χ2n) is 7.48. The lowest BCUT2D eigenvalue weighted by Gasteiger charge is -2.26. The van der Waals surface area contributed by atoms with E-state index >= 15 is 0 Å². The lowest BCUT2D eigenvalue weighted by molar-refractivity contribution is -0.661. The number of nitrogens with zero attached hydrogens (tertiary/aromatic N) is 2. The molecule has 1 unspecified atom stereocenters. The van der Waals surface area contributed by atoms with Gasteiger partial charge in [0.2, 0.25) is 0 Å². The third-order valence-corrected chi connectivity index (χ3v) is 5.87. The molecule has 0 bridgehead atoms. The van der Waals surface area contributed by atoms with E-state index in [9.17, 15) is 5.11 Å². The number of β-amino-alcohol motifs (C(OH)–C–C–N with tert-alkyl or cyclic N) is 1. The Morgan fingerprint density at radius 2 is 1.82 bits per heavy atom. The average molecular weight is 381 g/mol. The number of fused-ring (bicyclic) bond motifs is 1. The van der Waals surface area contributed by atoms with Gasteiger partial charge in [0, 0.05) is 12.0 Å². The SMILES string of the molecule is COc1ccc(N2CC(O)(c3ccc4c(c3)OCCO4)[N+]3=C2CCCC3)cc1. The van der Waals surface area contributed by atoms with Gasteiger partial charge >= 0.3 is 0 Å². The summed E-state index contributed by atoms with van der Waals surface area (Å²) in [6.07, 6.45) is 3.17. The normalized spacial score (nSPS) is 23.6. The van der Waals surface area contributed by atoms with Gasteiger partial charge in [0.15, 0.2) is 18.0 Å². The molecule has 0 fully saturated rings. The van der Waals surface area contributed by atoms with E-state index in [2.05, 4.69) is 9.48 Å². The highest BCUT2D eigenvalue weighted by atomic mass is 16.6. The van der Waals surface area contributed by atoms with Gasteiger partial charge in [-0.3, -0.25) is 0 Å². The maximum Gasteiger partial charge on any atom is 0.271 e. The first kappa shape index (κ1) is 17.4. The van der Waals surface area contributed by atoms with Crippen LogP contribution < -0.4 is 19.1 Å². The molecule has 3 aliphatic rings. The van der Waals surface area contributed by atoms with Crippen molar-refractivity contribution in [1.82, 2.24) is 0 Å². The van der Waals surface area contributed by atoms with Gasteiger partial charge in [-0.15, -0.1) is 0 Å². The summed E-state index contributed by atoms with van der Waals surface area (Å²) >= 11 is 0. The molecule has 146 valence electrons. The van der Waals surface area contributed by atoms with Gasteiger partial charge in [-0.2, -0.15) is 0 Å². The first-order chi connectivity index (χ1) is 13.7. The molecule has 0 aromatic heterocycles. The van der Waals surface area contributed by atoms with Crippen molar-refractivity contribution < 1.29 is 23.9 Å². The van der Waals surface area contributed by atoms with Crippen molar-refractivity contribution in [3.8, 4) is 17.2 Å². The highest BCUT2D eigenvalue weighted by Gasteiger charge is 2.52. The van der Waals surface area contributed by atoms with E-state index in [-0.39, 0.29) is 0 Å². The molecule has 0 spiro atoms. The molecule has 6 heteroatoms. The Hall–Kier alpha value is -2.73. The fraction of sp³-hybridized carbons (Fsp3) is 0.409. The number of aliphatic hydroxyl groups is 1. The van der Waals surface area contributed by atoms with Gasteiger partial charge in [-0.1, -0.05) is 0 Å². The number of methoxy groups -OCH3 is 1. The minimum atomic E-state index is -1.09. The van der Waals surface area contributed by atoms with Crippen LogP contribution in [-0.2, 0) is 5.72 Å². The van der Waals surface area contributed by atoms with Crippen LogP contribution in [0.5, 0.6) is 17.2 Å². The Bertz CT molecular complexity index is 925. The van der Waals surface area contributed by atoms with E-state index in [1.165, 1.54) is 5.84 Å². The van der Waals surface area contributed by atoms with Crippen molar-refractivity contribution in [2.24, 2.45) is 0 Å². The predicted octanol–water partition coefficient (Wildman–Crippen LogP) is 2.73. The molecule has 3 aliphatic heterocycles. The third kappa shape index (κ3) is 2.71. The Morgan fingerprint density at radius 1 is 1.04 bits per heavy atom. The van der Waals surface area contributed by atoms with Crippen LogP contribution in [0.2, 0.25) is 0 Å². The molecule has 0 radical (unpaired) electrons. The monoisotopic (exact) mass is 381 g/mol. The van der Waals surface area contributed by atoms with E-state index in [4.69, 9.17) is 14.2 Å². The lowest BCUT2D eigenvalue weighted by atomic mass is 10.0. The number of hydrogen-bond acceptors (Lipinski definition) is 5. The first-order valence-corrected chi connectivity index (χ1v) is 9.86. The van der Waals surface area contributed by atoms with Crippen molar-refractivity contribution in [1.29, 1.82) is 0 Å². The smallest absolute Gasteiger partial charge is 0.271 e. The summed E-state index contributed by atoms with van der Waals surface area (Å²) in [5.74, 6) is 3.45. The average Bonchev–Trinajstić information content (AvgIpc) is 3.08. The van der Waals surface area contributed by atoms with E-state index < -0.39 is 5.72 Å². The molecule has 1 N–H and O–H groups in total. The van der Waals surface area contributed by atoms with Crippen LogP contribution in [0.3, 0.4) is 0 Å². The molecule has 5 rings (SSSR count). The minimum absolute atomic E-state index is 0.480. The molecule has 0 saturated heterocycles. The molecular weight excluding hydrogens is 356 g/mol. The Balaban J connectivity index is 1.55. The molecule has 0 saturated carbocycles. The van der Waals surface area contributed by atoms with E-state index in [0.717, 1.165) is 48.6 Å². The molecule has 2 aromatic carbocycles. The van der Waals surface area contributed by atoms with Crippen molar-refractivity contribution in [2.75, 3.05) is 38.3 Å². The molecule has 6 nitrogen and oxygen atoms in total. The fourth-order valence-corrected chi connectivity index (χ4v) is 4.44. The number of rotatable bonds is 3. The van der Waals surface area contributed by atoms with E-state index in [1.54, 1.807) is 7.11 Å². The maximum absolute atomic E-state index is 11.8. The zero-order chi connectivity index (χ0) is 19.1. The summed E-state index contributed by atoms with van der Waals surface area (Å²) in [4.78, 5) is 2.23. The van der Waals surface area contributed by atoms with Crippen LogP contribution in [0.25, 0.3) is 0 Å². The molecule has 0 amide bonds. The highest BCUT2D eigenvalue weighted by Crippen LogP contribution is 2.40. The zero-order valence-electron chi connectivity index (χ0n) is 16.1. The molecule has 2 aromatic rings. The fourth-order valence-electron chi connectivity index (χ4n) is 4.44. The minimum Gasteiger partial charge on any atom is -0.497 e. The standard InChI is InChI=1S/C22H25N2O4/c1-26-18-8-6-17(7-9-18)23-15-22(25,24-11-3-2-4-21(23)24)16-5-10-19-20(14-16)28-13-12-27-19/h5-10,14,25H,2-4,11-13,15H2,1H3/q+1. The van der Waals surface area contributed by atoms with Gasteiger partial charge in [0.05, 0.1) is 13.7 Å². The van der Waals surface area contributed by atoms with Gasteiger partial charge in [-0.25, -0.2) is 9.48 Å². The number of ether oxygens (including phenoxy) is 3. The summed E-state index contributed by atoms with van der Waals surface area (Å²) in [5, 5.41) is 11.8. The summed E-state index contributed by atoms with van der Waals surface area (Å²) in [7, 11) is 1.67. The second kappa shape index (κ2) is 6.71. The van der Waals surface area contributed by atoms with Crippen LogP contribution >= 0.6 is 0 Å². The Kier molecular flexibility index (Phi) is 4.16. The van der Waals surface area contributed by atoms with Gasteiger partial charge in [-0.05, 0) is 55.3 Å².